The average molecular weight is 501 g/mol. The summed E-state index contributed by atoms with van der Waals surface area (Å²) in [6, 6.07) is 4.42. The van der Waals surface area contributed by atoms with E-state index in [-0.39, 0.29) is 5.91 Å². The van der Waals surface area contributed by atoms with Crippen molar-refractivity contribution in [2.24, 2.45) is 0 Å². The number of halogens is 3. The standard InChI is InChI=1S/C19H27F3N4O.C4H4O4/c1-15-7-8-18(27)26(15)10-3-2-9-24-11-13-25(14-12-24)17-6-4-5-16(23-17)19(20,21)22;5-3(6)1-2-4(7)8/h4-6,15H,2-3,7-14H2,1H3;1-2H,(H,5,6)(H,7,8). The van der Waals surface area contributed by atoms with Crippen molar-refractivity contribution in [1.82, 2.24) is 14.8 Å². The van der Waals surface area contributed by atoms with E-state index in [0.29, 0.717) is 43.5 Å². The first-order valence-corrected chi connectivity index (χ1v) is 11.4. The summed E-state index contributed by atoms with van der Waals surface area (Å²) in [4.78, 5) is 40.9. The summed E-state index contributed by atoms with van der Waals surface area (Å²) in [6.45, 7) is 6.88. The number of anilines is 1. The van der Waals surface area contributed by atoms with Crippen molar-refractivity contribution in [2.75, 3.05) is 44.2 Å². The number of rotatable bonds is 8. The van der Waals surface area contributed by atoms with Crippen LogP contribution in [0.1, 0.15) is 38.3 Å². The SMILES string of the molecule is CC1CCC(=O)N1CCCCN1CCN(c2cccc(C(F)(F)F)n2)CC1.O=C(O)C=CC(=O)O. The summed E-state index contributed by atoms with van der Waals surface area (Å²) in [6.07, 6.45) is 0.359. The van der Waals surface area contributed by atoms with Gasteiger partial charge < -0.3 is 20.0 Å². The quantitative estimate of drug-likeness (QED) is 0.414. The van der Waals surface area contributed by atoms with Gasteiger partial charge in [-0.25, -0.2) is 14.6 Å². The van der Waals surface area contributed by atoms with Crippen LogP contribution in [0.2, 0.25) is 0 Å². The highest BCUT2D eigenvalue weighted by Crippen LogP contribution is 2.29. The van der Waals surface area contributed by atoms with Gasteiger partial charge in [0.2, 0.25) is 5.91 Å². The number of carbonyl (C=O) groups is 3. The molecule has 2 aliphatic heterocycles. The number of carbonyl (C=O) groups excluding carboxylic acids is 1. The van der Waals surface area contributed by atoms with E-state index in [2.05, 4.69) is 16.8 Å². The molecule has 0 bridgehead atoms. The number of carboxylic acids is 2. The van der Waals surface area contributed by atoms with Crippen molar-refractivity contribution >= 4 is 23.7 Å². The number of piperazine rings is 1. The van der Waals surface area contributed by atoms with Crippen molar-refractivity contribution in [3.8, 4) is 0 Å². The molecule has 1 atom stereocenters. The number of unbranched alkanes of at least 4 members (excludes halogenated alkanes) is 1. The molecule has 2 aliphatic rings. The second-order valence-electron chi connectivity index (χ2n) is 8.40. The predicted molar refractivity (Wildman–Crippen MR) is 122 cm³/mol. The van der Waals surface area contributed by atoms with Gasteiger partial charge in [-0.15, -0.1) is 0 Å². The minimum Gasteiger partial charge on any atom is -0.478 e. The van der Waals surface area contributed by atoms with E-state index in [1.165, 1.54) is 6.07 Å². The van der Waals surface area contributed by atoms with Crippen LogP contribution in [0.3, 0.4) is 0 Å². The summed E-state index contributed by atoms with van der Waals surface area (Å²) >= 11 is 0. The normalized spacial score (nSPS) is 19.1. The number of aromatic nitrogens is 1. The number of carboxylic acid groups (broad SMARTS) is 2. The lowest BCUT2D eigenvalue weighted by atomic mass is 10.2. The Balaban J connectivity index is 0.000000466. The Morgan fingerprint density at radius 1 is 1.06 bits per heavy atom. The maximum Gasteiger partial charge on any atom is 0.433 e. The van der Waals surface area contributed by atoms with Gasteiger partial charge in [-0.05, 0) is 44.9 Å². The van der Waals surface area contributed by atoms with Gasteiger partial charge in [0.1, 0.15) is 11.5 Å². The van der Waals surface area contributed by atoms with E-state index in [0.717, 1.165) is 51.5 Å². The third kappa shape index (κ3) is 9.55. The number of hydrogen-bond acceptors (Lipinski definition) is 6. The number of amides is 1. The Hall–Kier alpha value is -3.15. The molecule has 1 aromatic rings. The fourth-order valence-corrected chi connectivity index (χ4v) is 3.94. The second kappa shape index (κ2) is 13.1. The average Bonchev–Trinajstić information content (AvgIpc) is 3.13. The Bertz CT molecular complexity index is 885. The van der Waals surface area contributed by atoms with E-state index < -0.39 is 23.8 Å². The topological polar surface area (TPSA) is 114 Å². The summed E-state index contributed by atoms with van der Waals surface area (Å²) in [5, 5.41) is 15.6. The molecule has 0 aliphatic carbocycles. The number of likely N-dealkylation sites (tertiary alicyclic amines) is 1. The van der Waals surface area contributed by atoms with Crippen LogP contribution in [0.5, 0.6) is 0 Å². The lowest BCUT2D eigenvalue weighted by molar-refractivity contribution is -0.141. The molecule has 0 saturated carbocycles. The van der Waals surface area contributed by atoms with Gasteiger partial charge in [0.15, 0.2) is 0 Å². The van der Waals surface area contributed by atoms with E-state index in [9.17, 15) is 27.6 Å². The fraction of sp³-hybridized carbons (Fsp3) is 0.565. The molecule has 1 unspecified atom stereocenters. The summed E-state index contributed by atoms with van der Waals surface area (Å²) in [5.41, 5.74) is -0.840. The van der Waals surface area contributed by atoms with Crippen LogP contribution in [0, 0.1) is 0 Å². The van der Waals surface area contributed by atoms with Gasteiger partial charge >= 0.3 is 18.1 Å². The van der Waals surface area contributed by atoms with Gasteiger partial charge in [0, 0.05) is 57.3 Å². The van der Waals surface area contributed by atoms with Crippen LogP contribution in [-0.2, 0) is 20.6 Å². The molecule has 2 saturated heterocycles. The van der Waals surface area contributed by atoms with Crippen LogP contribution in [0.15, 0.2) is 30.4 Å². The fourth-order valence-electron chi connectivity index (χ4n) is 3.94. The molecule has 0 aromatic carbocycles. The Morgan fingerprint density at radius 3 is 2.17 bits per heavy atom. The lowest BCUT2D eigenvalue weighted by Crippen LogP contribution is -2.47. The molecule has 9 nitrogen and oxygen atoms in total. The molecular formula is C23H31F3N4O5. The minimum absolute atomic E-state index is 0.268. The van der Waals surface area contributed by atoms with Crippen LogP contribution >= 0.6 is 0 Å². The van der Waals surface area contributed by atoms with E-state index in [1.807, 2.05) is 9.80 Å². The van der Waals surface area contributed by atoms with E-state index in [4.69, 9.17) is 10.2 Å². The molecule has 2 N–H and O–H groups in total. The van der Waals surface area contributed by atoms with E-state index >= 15 is 0 Å². The maximum absolute atomic E-state index is 12.8. The zero-order valence-electron chi connectivity index (χ0n) is 19.6. The van der Waals surface area contributed by atoms with Crippen molar-refractivity contribution in [1.29, 1.82) is 0 Å². The largest absolute Gasteiger partial charge is 0.478 e. The summed E-state index contributed by atoms with van der Waals surface area (Å²) in [7, 11) is 0. The number of pyridine rings is 1. The number of alkyl halides is 3. The highest BCUT2D eigenvalue weighted by Gasteiger charge is 2.33. The molecule has 1 aromatic heterocycles. The van der Waals surface area contributed by atoms with Crippen LogP contribution in [0.25, 0.3) is 0 Å². The summed E-state index contributed by atoms with van der Waals surface area (Å²) in [5.74, 6) is -1.85. The molecule has 1 amide bonds. The zero-order chi connectivity index (χ0) is 26.0. The maximum atomic E-state index is 12.8. The molecule has 3 rings (SSSR count). The Morgan fingerprint density at radius 2 is 1.66 bits per heavy atom. The van der Waals surface area contributed by atoms with Crippen molar-refractivity contribution in [3.63, 3.8) is 0 Å². The monoisotopic (exact) mass is 500 g/mol. The van der Waals surface area contributed by atoms with Gasteiger partial charge in [-0.3, -0.25) is 9.69 Å². The molecule has 0 spiro atoms. The first-order chi connectivity index (χ1) is 16.5. The zero-order valence-corrected chi connectivity index (χ0v) is 19.6. The Kier molecular flexibility index (Phi) is 10.5. The molecule has 3 heterocycles. The van der Waals surface area contributed by atoms with Crippen molar-refractivity contribution in [3.05, 3.63) is 36.0 Å². The van der Waals surface area contributed by atoms with Crippen LogP contribution in [-0.4, -0.2) is 88.2 Å². The highest BCUT2D eigenvalue weighted by atomic mass is 19.4. The first kappa shape index (κ1) is 28.1. The van der Waals surface area contributed by atoms with Gasteiger partial charge in [-0.1, -0.05) is 6.07 Å². The third-order valence-corrected chi connectivity index (χ3v) is 5.84. The lowest BCUT2D eigenvalue weighted by Gasteiger charge is -2.35. The van der Waals surface area contributed by atoms with E-state index in [1.54, 1.807) is 6.07 Å². The minimum atomic E-state index is -4.41. The van der Waals surface area contributed by atoms with Crippen LogP contribution < -0.4 is 4.90 Å². The highest BCUT2D eigenvalue weighted by molar-refractivity contribution is 5.89. The molecule has 194 valence electrons. The second-order valence-corrected chi connectivity index (χ2v) is 8.40. The number of aliphatic carboxylic acids is 2. The van der Waals surface area contributed by atoms with Crippen molar-refractivity contribution in [2.45, 2.75) is 44.8 Å². The van der Waals surface area contributed by atoms with Crippen molar-refractivity contribution < 1.29 is 37.8 Å². The molecule has 12 heteroatoms. The smallest absolute Gasteiger partial charge is 0.433 e. The Labute approximate surface area is 201 Å². The molecule has 0 radical (unpaired) electrons. The molecule has 2 fully saturated rings. The van der Waals surface area contributed by atoms with Gasteiger partial charge in [-0.2, -0.15) is 13.2 Å². The predicted octanol–water partition coefficient (Wildman–Crippen LogP) is 2.73. The van der Waals surface area contributed by atoms with Crippen LogP contribution in [0.4, 0.5) is 19.0 Å². The van der Waals surface area contributed by atoms with Gasteiger partial charge in [0.25, 0.3) is 0 Å². The molecular weight excluding hydrogens is 469 g/mol. The first-order valence-electron chi connectivity index (χ1n) is 11.4. The summed E-state index contributed by atoms with van der Waals surface area (Å²) < 4.78 is 38.5. The molecule has 35 heavy (non-hydrogen) atoms. The number of nitrogens with zero attached hydrogens (tertiary/aromatic N) is 4. The van der Waals surface area contributed by atoms with Gasteiger partial charge in [0.05, 0.1) is 0 Å². The number of hydrogen-bond donors (Lipinski definition) is 2. The third-order valence-electron chi connectivity index (χ3n) is 5.84.